The van der Waals surface area contributed by atoms with Gasteiger partial charge in [-0.2, -0.15) is 0 Å². The van der Waals surface area contributed by atoms with Gasteiger partial charge in [-0.05, 0) is 25.1 Å². The fourth-order valence-corrected chi connectivity index (χ4v) is 2.73. The zero-order chi connectivity index (χ0) is 18.5. The smallest absolute Gasteiger partial charge is 0.344 e. The minimum atomic E-state index is -0.704. The summed E-state index contributed by atoms with van der Waals surface area (Å²) in [7, 11) is 0. The van der Waals surface area contributed by atoms with Crippen LogP contribution in [-0.4, -0.2) is 30.1 Å². The Morgan fingerprint density at radius 2 is 2.04 bits per heavy atom. The van der Waals surface area contributed by atoms with Gasteiger partial charge in [-0.15, -0.1) is 11.3 Å². The first-order valence-electron chi connectivity index (χ1n) is 7.54. The lowest BCUT2D eigenvalue weighted by Gasteiger charge is -2.07. The molecule has 1 N–H and O–H groups in total. The number of carbonyl (C=O) groups excluding carboxylic acids is 2. The van der Waals surface area contributed by atoms with Crippen molar-refractivity contribution in [1.29, 1.82) is 0 Å². The van der Waals surface area contributed by atoms with E-state index in [9.17, 15) is 14.4 Å². The molecule has 0 saturated heterocycles. The minimum Gasteiger partial charge on any atom is -0.482 e. The number of hydrogen-bond donors (Lipinski definition) is 1. The molecule has 8 nitrogen and oxygen atoms in total. The van der Waals surface area contributed by atoms with E-state index in [1.54, 1.807) is 23.6 Å². The number of carbonyl (C=O) groups is 2. The van der Waals surface area contributed by atoms with Gasteiger partial charge >= 0.3 is 11.6 Å². The number of nitrogens with zero attached hydrogens (tertiary/aromatic N) is 1. The Kier molecular flexibility index (Phi) is 5.28. The average Bonchev–Trinajstić information content (AvgIpc) is 3.02. The molecule has 2 aromatic heterocycles. The van der Waals surface area contributed by atoms with E-state index in [-0.39, 0.29) is 6.61 Å². The zero-order valence-corrected chi connectivity index (χ0v) is 14.5. The third-order valence-electron chi connectivity index (χ3n) is 3.18. The number of rotatable bonds is 6. The summed E-state index contributed by atoms with van der Waals surface area (Å²) in [5.74, 6) is -0.850. The van der Waals surface area contributed by atoms with Crippen LogP contribution in [0.25, 0.3) is 11.0 Å². The van der Waals surface area contributed by atoms with E-state index in [0.29, 0.717) is 16.5 Å². The van der Waals surface area contributed by atoms with E-state index < -0.39 is 24.1 Å². The van der Waals surface area contributed by atoms with E-state index >= 15 is 0 Å². The van der Waals surface area contributed by atoms with Crippen LogP contribution in [0.5, 0.6) is 5.75 Å². The number of hydrogen-bond acceptors (Lipinski definition) is 8. The van der Waals surface area contributed by atoms with Crippen molar-refractivity contribution in [1.82, 2.24) is 4.98 Å². The van der Waals surface area contributed by atoms with Gasteiger partial charge in [0.25, 0.3) is 5.91 Å². The third-order valence-corrected chi connectivity index (χ3v) is 4.06. The van der Waals surface area contributed by atoms with Crippen LogP contribution in [0.15, 0.2) is 44.9 Å². The zero-order valence-electron chi connectivity index (χ0n) is 13.7. The second-order valence-electron chi connectivity index (χ2n) is 5.25. The number of amides is 1. The number of esters is 1. The number of nitrogens with one attached hydrogen (secondary N) is 1. The number of anilines is 1. The molecule has 0 unspecified atom stereocenters. The molecule has 26 heavy (non-hydrogen) atoms. The van der Waals surface area contributed by atoms with Crippen LogP contribution in [0, 0.1) is 6.92 Å². The predicted octanol–water partition coefficient (Wildman–Crippen LogP) is 2.12. The lowest BCUT2D eigenvalue weighted by atomic mass is 10.2. The summed E-state index contributed by atoms with van der Waals surface area (Å²) in [6.45, 7) is 0.987. The largest absolute Gasteiger partial charge is 0.482 e. The molecule has 0 fully saturated rings. The summed E-state index contributed by atoms with van der Waals surface area (Å²) in [6, 6.07) is 7.77. The van der Waals surface area contributed by atoms with Gasteiger partial charge in [0.2, 0.25) is 0 Å². The van der Waals surface area contributed by atoms with E-state index in [0.717, 1.165) is 11.1 Å². The van der Waals surface area contributed by atoms with Gasteiger partial charge in [-0.3, -0.25) is 10.1 Å². The molecule has 9 heteroatoms. The molecule has 0 radical (unpaired) electrons. The first-order chi connectivity index (χ1) is 12.5. The monoisotopic (exact) mass is 374 g/mol. The van der Waals surface area contributed by atoms with Gasteiger partial charge in [-0.1, -0.05) is 0 Å². The summed E-state index contributed by atoms with van der Waals surface area (Å²) in [5, 5.41) is 5.49. The van der Waals surface area contributed by atoms with Crippen LogP contribution < -0.4 is 15.7 Å². The topological polar surface area (TPSA) is 108 Å². The maximum absolute atomic E-state index is 11.7. The lowest BCUT2D eigenvalue weighted by molar-refractivity contribution is -0.149. The number of benzene rings is 1. The van der Waals surface area contributed by atoms with Crippen molar-refractivity contribution >= 4 is 39.3 Å². The van der Waals surface area contributed by atoms with Gasteiger partial charge in [0.1, 0.15) is 11.3 Å². The summed E-state index contributed by atoms with van der Waals surface area (Å²) in [4.78, 5) is 38.6. The van der Waals surface area contributed by atoms with Crippen molar-refractivity contribution in [2.24, 2.45) is 0 Å². The number of aromatic nitrogens is 1. The molecule has 1 amide bonds. The summed E-state index contributed by atoms with van der Waals surface area (Å²) in [5.41, 5.74) is 0.666. The van der Waals surface area contributed by atoms with Gasteiger partial charge in [0.15, 0.2) is 18.3 Å². The van der Waals surface area contributed by atoms with Crippen molar-refractivity contribution in [3.8, 4) is 5.75 Å². The Bertz CT molecular complexity index is 1010. The molecule has 0 spiro atoms. The maximum Gasteiger partial charge on any atom is 0.344 e. The van der Waals surface area contributed by atoms with Crippen LogP contribution >= 0.6 is 11.3 Å². The Morgan fingerprint density at radius 3 is 2.81 bits per heavy atom. The lowest BCUT2D eigenvalue weighted by Crippen LogP contribution is -2.23. The van der Waals surface area contributed by atoms with Crippen molar-refractivity contribution in [2.75, 3.05) is 18.5 Å². The van der Waals surface area contributed by atoms with Crippen LogP contribution in [0.4, 0.5) is 5.13 Å². The number of ether oxygens (including phenoxy) is 2. The third kappa shape index (κ3) is 4.67. The molecular weight excluding hydrogens is 360 g/mol. The first kappa shape index (κ1) is 17.6. The molecular formula is C17H14N2O6S. The second-order valence-corrected chi connectivity index (χ2v) is 6.10. The highest BCUT2D eigenvalue weighted by molar-refractivity contribution is 7.13. The first-order valence-corrected chi connectivity index (χ1v) is 8.42. The molecule has 2 heterocycles. The Hall–Kier alpha value is -3.20. The van der Waals surface area contributed by atoms with Crippen LogP contribution in [0.1, 0.15) is 5.69 Å². The standard InChI is InChI=1S/C17H14N2O6S/c1-10-9-26-17(18-10)19-14(20)7-24-16(22)8-23-12-4-2-11-3-5-15(21)25-13(11)6-12/h2-6,9H,7-8H2,1H3,(H,18,19,20). The highest BCUT2D eigenvalue weighted by Crippen LogP contribution is 2.19. The molecule has 0 aliphatic rings. The molecule has 3 rings (SSSR count). The Labute approximate surface area is 151 Å². The van der Waals surface area contributed by atoms with Crippen molar-refractivity contribution in [3.63, 3.8) is 0 Å². The summed E-state index contributed by atoms with van der Waals surface area (Å²) in [6.07, 6.45) is 0. The summed E-state index contributed by atoms with van der Waals surface area (Å²) < 4.78 is 15.2. The van der Waals surface area contributed by atoms with Gasteiger partial charge in [0.05, 0.1) is 5.69 Å². The highest BCUT2D eigenvalue weighted by atomic mass is 32.1. The van der Waals surface area contributed by atoms with Gasteiger partial charge < -0.3 is 13.9 Å². The van der Waals surface area contributed by atoms with Gasteiger partial charge in [-0.25, -0.2) is 14.6 Å². The minimum absolute atomic E-state index is 0.339. The maximum atomic E-state index is 11.7. The number of fused-ring (bicyclic) bond motifs is 1. The number of thiazole rings is 1. The SMILES string of the molecule is Cc1csc(NC(=O)COC(=O)COc2ccc3ccc(=O)oc3c2)n1. The van der Waals surface area contributed by atoms with Crippen molar-refractivity contribution in [3.05, 3.63) is 51.8 Å². The Morgan fingerprint density at radius 1 is 1.23 bits per heavy atom. The molecule has 3 aromatic rings. The summed E-state index contributed by atoms with van der Waals surface area (Å²) >= 11 is 1.28. The fraction of sp³-hybridized carbons (Fsp3) is 0.176. The van der Waals surface area contributed by atoms with E-state index in [4.69, 9.17) is 13.9 Å². The van der Waals surface area contributed by atoms with Gasteiger partial charge in [0, 0.05) is 22.9 Å². The number of aryl methyl sites for hydroxylation is 1. The predicted molar refractivity (Wildman–Crippen MR) is 94.4 cm³/mol. The molecule has 1 aromatic carbocycles. The molecule has 134 valence electrons. The molecule has 0 bridgehead atoms. The fourth-order valence-electron chi connectivity index (χ4n) is 2.03. The van der Waals surface area contributed by atoms with E-state index in [2.05, 4.69) is 10.3 Å². The normalized spacial score (nSPS) is 10.5. The highest BCUT2D eigenvalue weighted by Gasteiger charge is 2.10. The van der Waals surface area contributed by atoms with Crippen LogP contribution in [-0.2, 0) is 14.3 Å². The van der Waals surface area contributed by atoms with Crippen molar-refractivity contribution < 1.29 is 23.5 Å². The quantitative estimate of drug-likeness (QED) is 0.520. The second kappa shape index (κ2) is 7.79. The van der Waals surface area contributed by atoms with Crippen molar-refractivity contribution in [2.45, 2.75) is 6.92 Å². The molecule has 0 aliphatic carbocycles. The van der Waals surface area contributed by atoms with E-state index in [1.165, 1.54) is 23.5 Å². The van der Waals surface area contributed by atoms with Crippen LogP contribution in [0.2, 0.25) is 0 Å². The van der Waals surface area contributed by atoms with E-state index in [1.807, 2.05) is 6.92 Å². The molecule has 0 aliphatic heterocycles. The average molecular weight is 374 g/mol. The molecule has 0 saturated carbocycles. The molecule has 0 atom stereocenters. The Balaban J connectivity index is 1.47. The van der Waals surface area contributed by atoms with Crippen LogP contribution in [0.3, 0.4) is 0 Å².